The highest BCUT2D eigenvalue weighted by Gasteiger charge is 2.20. The first-order valence-corrected chi connectivity index (χ1v) is 5.67. The molecule has 66 valence electrons. The van der Waals surface area contributed by atoms with Crippen molar-refractivity contribution in [2.24, 2.45) is 0 Å². The lowest BCUT2D eigenvalue weighted by Crippen LogP contribution is -2.38. The molecule has 0 aliphatic carbocycles. The maximum absolute atomic E-state index is 9.22. The van der Waals surface area contributed by atoms with Crippen molar-refractivity contribution in [2.75, 3.05) is 19.3 Å². The zero-order valence-corrected chi connectivity index (χ0v) is 8.44. The van der Waals surface area contributed by atoms with Crippen LogP contribution >= 0.6 is 24.4 Å². The van der Waals surface area contributed by atoms with Gasteiger partial charge in [0, 0.05) is 13.1 Å². The molecule has 0 spiro atoms. The predicted molar refractivity (Wildman–Crippen MR) is 53.1 cm³/mol. The van der Waals surface area contributed by atoms with E-state index in [9.17, 15) is 5.11 Å². The van der Waals surface area contributed by atoms with Crippen molar-refractivity contribution >= 4 is 24.4 Å². The first-order valence-electron chi connectivity index (χ1n) is 3.87. The maximum atomic E-state index is 9.22. The monoisotopic (exact) mass is 193 g/mol. The normalized spacial score (nSPS) is 25.4. The fourth-order valence-electron chi connectivity index (χ4n) is 1.26. The molecule has 0 bridgehead atoms. The van der Waals surface area contributed by atoms with Crippen molar-refractivity contribution < 1.29 is 5.11 Å². The third kappa shape index (κ3) is 2.86. The van der Waals surface area contributed by atoms with Gasteiger partial charge in [0.05, 0.1) is 10.8 Å². The van der Waals surface area contributed by atoms with Gasteiger partial charge in [0.2, 0.25) is 0 Å². The number of thiol groups is 1. The van der Waals surface area contributed by atoms with Gasteiger partial charge in [-0.2, -0.15) is 0 Å². The van der Waals surface area contributed by atoms with Gasteiger partial charge in [0.25, 0.3) is 0 Å². The van der Waals surface area contributed by atoms with Crippen LogP contribution in [0.1, 0.15) is 12.8 Å². The van der Waals surface area contributed by atoms with Gasteiger partial charge in [-0.25, -0.2) is 0 Å². The molecule has 0 aromatic heterocycles. The van der Waals surface area contributed by atoms with E-state index in [1.807, 2.05) is 0 Å². The van der Waals surface area contributed by atoms with Gasteiger partial charge >= 0.3 is 0 Å². The zero-order chi connectivity index (χ0) is 8.27. The Morgan fingerprint density at radius 1 is 1.55 bits per heavy atom. The Balaban J connectivity index is 2.27. The molecule has 1 N–H and O–H groups in total. The molecule has 0 radical (unpaired) electrons. The second-order valence-corrected chi connectivity index (χ2v) is 4.59. The summed E-state index contributed by atoms with van der Waals surface area (Å²) in [4.78, 5) is 2.29. The molecule has 11 heavy (non-hydrogen) atoms. The summed E-state index contributed by atoms with van der Waals surface area (Å²) in [6, 6.07) is 0. The fraction of sp³-hybridized carbons (Fsp3) is 1.00. The van der Waals surface area contributed by atoms with Crippen molar-refractivity contribution in [3.05, 3.63) is 0 Å². The molecule has 0 saturated carbocycles. The summed E-state index contributed by atoms with van der Waals surface area (Å²) in [7, 11) is 0. The summed E-state index contributed by atoms with van der Waals surface area (Å²) >= 11 is 6.15. The number of hydrogen-bond donors (Lipinski definition) is 2. The average Bonchev–Trinajstić information content (AvgIpc) is 2.05. The second-order valence-electron chi connectivity index (χ2n) is 2.83. The predicted octanol–water partition coefficient (Wildman–Crippen LogP) is 1.02. The second kappa shape index (κ2) is 4.60. The fourth-order valence-corrected chi connectivity index (χ4v) is 2.00. The molecule has 1 unspecified atom stereocenters. The van der Waals surface area contributed by atoms with Gasteiger partial charge in [-0.05, 0) is 19.1 Å². The van der Waals surface area contributed by atoms with Gasteiger partial charge in [-0.3, -0.25) is 4.90 Å². The number of piperidine rings is 1. The molecule has 0 aromatic carbocycles. The van der Waals surface area contributed by atoms with Crippen molar-refractivity contribution in [3.63, 3.8) is 0 Å². The summed E-state index contributed by atoms with van der Waals surface area (Å²) in [5.41, 5.74) is 0. The lowest BCUT2D eigenvalue weighted by atomic mass is 10.1. The van der Waals surface area contributed by atoms with E-state index in [4.69, 9.17) is 0 Å². The number of likely N-dealkylation sites (tertiary alicyclic amines) is 1. The molecule has 1 heterocycles. The van der Waals surface area contributed by atoms with E-state index in [1.54, 1.807) is 11.8 Å². The standard InChI is InChI=1S/C7H15NOS2/c1-11-7(10)8-4-2-6(9)3-5-8/h6-7,9-10H,2-5H2,1H3. The first kappa shape index (κ1) is 9.71. The summed E-state index contributed by atoms with van der Waals surface area (Å²) in [5, 5.41) is 9.22. The van der Waals surface area contributed by atoms with E-state index in [-0.39, 0.29) is 6.10 Å². The minimum Gasteiger partial charge on any atom is -0.393 e. The zero-order valence-electron chi connectivity index (χ0n) is 6.73. The Morgan fingerprint density at radius 3 is 2.55 bits per heavy atom. The number of thioether (sulfide) groups is 1. The van der Waals surface area contributed by atoms with Gasteiger partial charge < -0.3 is 5.11 Å². The third-order valence-corrected chi connectivity index (χ3v) is 3.70. The van der Waals surface area contributed by atoms with E-state index in [1.165, 1.54) is 0 Å². The number of rotatable bonds is 2. The number of hydrogen-bond acceptors (Lipinski definition) is 4. The van der Waals surface area contributed by atoms with Crippen molar-refractivity contribution in [2.45, 2.75) is 23.7 Å². The smallest absolute Gasteiger partial charge is 0.0995 e. The minimum atomic E-state index is -0.0753. The molecule has 0 aromatic rings. The van der Waals surface area contributed by atoms with Gasteiger partial charge in [-0.15, -0.1) is 24.4 Å². The van der Waals surface area contributed by atoms with Gasteiger partial charge in [0.1, 0.15) is 0 Å². The Labute approximate surface area is 77.8 Å². The van der Waals surface area contributed by atoms with Gasteiger partial charge in [-0.1, -0.05) is 0 Å². The van der Waals surface area contributed by atoms with Crippen molar-refractivity contribution in [3.8, 4) is 0 Å². The van der Waals surface area contributed by atoms with Crippen LogP contribution in [-0.2, 0) is 0 Å². The van der Waals surface area contributed by atoms with Gasteiger partial charge in [0.15, 0.2) is 0 Å². The van der Waals surface area contributed by atoms with E-state index in [2.05, 4.69) is 23.8 Å². The lowest BCUT2D eigenvalue weighted by molar-refractivity contribution is 0.0883. The Kier molecular flexibility index (Phi) is 4.06. The maximum Gasteiger partial charge on any atom is 0.0995 e. The highest BCUT2D eigenvalue weighted by molar-refractivity contribution is 8.09. The van der Waals surface area contributed by atoms with Crippen LogP contribution in [0.25, 0.3) is 0 Å². The van der Waals surface area contributed by atoms with Crippen LogP contribution in [0, 0.1) is 0 Å². The van der Waals surface area contributed by atoms with E-state index < -0.39 is 0 Å². The summed E-state index contributed by atoms with van der Waals surface area (Å²) in [5.74, 6) is 0. The average molecular weight is 193 g/mol. The van der Waals surface area contributed by atoms with Crippen LogP contribution in [0.3, 0.4) is 0 Å². The van der Waals surface area contributed by atoms with E-state index in [0.717, 1.165) is 25.9 Å². The number of aliphatic hydroxyl groups excluding tert-OH is 1. The van der Waals surface area contributed by atoms with Crippen molar-refractivity contribution in [1.29, 1.82) is 0 Å². The molecule has 1 aliphatic rings. The van der Waals surface area contributed by atoms with Crippen LogP contribution in [0.2, 0.25) is 0 Å². The first-order chi connectivity index (χ1) is 5.24. The molecular formula is C7H15NOS2. The molecular weight excluding hydrogens is 178 g/mol. The number of nitrogens with zero attached hydrogens (tertiary/aromatic N) is 1. The third-order valence-electron chi connectivity index (χ3n) is 2.02. The van der Waals surface area contributed by atoms with Crippen LogP contribution in [-0.4, -0.2) is 40.2 Å². The Morgan fingerprint density at radius 2 is 2.09 bits per heavy atom. The SMILES string of the molecule is CSC(S)N1CCC(O)CC1. The highest BCUT2D eigenvalue weighted by atomic mass is 32.2. The van der Waals surface area contributed by atoms with Crippen molar-refractivity contribution in [1.82, 2.24) is 4.90 Å². The van der Waals surface area contributed by atoms with E-state index >= 15 is 0 Å². The number of aliphatic hydroxyl groups is 1. The molecule has 1 rings (SSSR count). The molecule has 0 amide bonds. The minimum absolute atomic E-state index is 0.0753. The Hall–Kier alpha value is 0.620. The highest BCUT2D eigenvalue weighted by Crippen LogP contribution is 2.20. The van der Waals surface area contributed by atoms with Crippen LogP contribution in [0.4, 0.5) is 0 Å². The molecule has 1 aliphatic heterocycles. The summed E-state index contributed by atoms with van der Waals surface area (Å²) in [6.45, 7) is 1.96. The molecule has 1 atom stereocenters. The Bertz CT molecular complexity index is 115. The molecule has 1 saturated heterocycles. The molecule has 1 fully saturated rings. The van der Waals surface area contributed by atoms with E-state index in [0.29, 0.717) is 4.71 Å². The quantitative estimate of drug-likeness (QED) is 0.506. The van der Waals surface area contributed by atoms with Crippen LogP contribution in [0.5, 0.6) is 0 Å². The summed E-state index contributed by atoms with van der Waals surface area (Å²) in [6.07, 6.45) is 3.78. The van der Waals surface area contributed by atoms with Crippen LogP contribution < -0.4 is 0 Å². The molecule has 4 heteroatoms. The lowest BCUT2D eigenvalue weighted by Gasteiger charge is -2.32. The summed E-state index contributed by atoms with van der Waals surface area (Å²) < 4.78 is 0.308. The van der Waals surface area contributed by atoms with Crippen LogP contribution in [0.15, 0.2) is 0 Å². The topological polar surface area (TPSA) is 23.5 Å². The largest absolute Gasteiger partial charge is 0.393 e. The molecule has 2 nitrogen and oxygen atoms in total.